The van der Waals surface area contributed by atoms with Crippen molar-refractivity contribution in [2.24, 2.45) is 5.41 Å². The molecule has 0 saturated heterocycles. The fraction of sp³-hybridized carbons (Fsp3) is 0.783. The van der Waals surface area contributed by atoms with E-state index in [2.05, 4.69) is 23.2 Å². The van der Waals surface area contributed by atoms with E-state index in [1.165, 1.54) is 38.5 Å². The van der Waals surface area contributed by atoms with Crippen molar-refractivity contribution in [1.82, 2.24) is 21.3 Å². The highest BCUT2D eigenvalue weighted by atomic mass is 16.4. The van der Waals surface area contributed by atoms with Gasteiger partial charge in [0.1, 0.15) is 6.04 Å². The second-order valence-electron chi connectivity index (χ2n) is 9.28. The second-order valence-corrected chi connectivity index (χ2v) is 9.28. The molecule has 0 aromatic rings. The average molecular weight is 455 g/mol. The molecule has 0 aromatic carbocycles. The van der Waals surface area contributed by atoms with Crippen LogP contribution in [0.3, 0.4) is 0 Å². The van der Waals surface area contributed by atoms with Crippen LogP contribution in [0.1, 0.15) is 97.8 Å². The van der Waals surface area contributed by atoms with Crippen LogP contribution in [0, 0.1) is 5.41 Å². The van der Waals surface area contributed by atoms with Gasteiger partial charge in [-0.3, -0.25) is 14.6 Å². The van der Waals surface area contributed by atoms with Gasteiger partial charge >= 0.3 is 11.9 Å². The predicted octanol–water partition coefficient (Wildman–Crippen LogP) is 3.53. The van der Waals surface area contributed by atoms with Crippen molar-refractivity contribution >= 4 is 17.8 Å². The topological polar surface area (TPSA) is 131 Å². The molecule has 1 aliphatic heterocycles. The van der Waals surface area contributed by atoms with Gasteiger partial charge in [-0.2, -0.15) is 0 Å². The Bertz CT molecular complexity index is 636. The minimum Gasteiger partial charge on any atom is -0.481 e. The zero-order valence-electron chi connectivity index (χ0n) is 19.9. The Hall–Kier alpha value is -2.29. The summed E-state index contributed by atoms with van der Waals surface area (Å²) in [5.41, 5.74) is 5.58. The summed E-state index contributed by atoms with van der Waals surface area (Å²) in [6.45, 7) is 5.84. The van der Waals surface area contributed by atoms with Crippen molar-refractivity contribution in [3.63, 3.8) is 0 Å². The summed E-state index contributed by atoms with van der Waals surface area (Å²) in [5, 5.41) is 23.0. The van der Waals surface area contributed by atoms with E-state index in [0.29, 0.717) is 25.1 Å². The molecule has 0 fully saturated rings. The smallest absolute Gasteiger partial charge is 0.326 e. The molecule has 1 aliphatic rings. The molecular formula is C23H42N4O5. The van der Waals surface area contributed by atoms with Crippen molar-refractivity contribution in [2.45, 2.75) is 104 Å². The Morgan fingerprint density at radius 2 is 1.62 bits per heavy atom. The highest BCUT2D eigenvalue weighted by Gasteiger charge is 2.30. The molecule has 9 heteroatoms. The van der Waals surface area contributed by atoms with E-state index in [0.717, 1.165) is 19.3 Å². The van der Waals surface area contributed by atoms with Gasteiger partial charge in [-0.1, -0.05) is 58.3 Å². The van der Waals surface area contributed by atoms with Gasteiger partial charge in [0, 0.05) is 31.3 Å². The molecule has 1 amide bonds. The van der Waals surface area contributed by atoms with Crippen LogP contribution in [-0.4, -0.2) is 45.7 Å². The number of carbonyl (C=O) groups excluding carboxylic acids is 1. The molecule has 0 spiro atoms. The van der Waals surface area contributed by atoms with Crippen LogP contribution < -0.4 is 16.3 Å². The third-order valence-electron chi connectivity index (χ3n) is 5.68. The summed E-state index contributed by atoms with van der Waals surface area (Å²) in [5.74, 6) is -2.18. The maximum absolute atomic E-state index is 12.2. The summed E-state index contributed by atoms with van der Waals surface area (Å²) in [4.78, 5) is 35.0. The summed E-state index contributed by atoms with van der Waals surface area (Å²) >= 11 is 0. The predicted molar refractivity (Wildman–Crippen MR) is 123 cm³/mol. The minimum atomic E-state index is -1.06. The molecule has 1 atom stereocenters. The number of hydrazine groups is 2. The summed E-state index contributed by atoms with van der Waals surface area (Å²) < 4.78 is 0. The first kappa shape index (κ1) is 27.7. The average Bonchev–Trinajstić information content (AvgIpc) is 3.16. The van der Waals surface area contributed by atoms with Crippen LogP contribution in [0.2, 0.25) is 0 Å². The molecule has 0 aromatic heterocycles. The molecular weight excluding hydrogens is 412 g/mol. The molecule has 184 valence electrons. The monoisotopic (exact) mass is 454 g/mol. The fourth-order valence-corrected chi connectivity index (χ4v) is 3.55. The van der Waals surface area contributed by atoms with E-state index in [4.69, 9.17) is 0 Å². The van der Waals surface area contributed by atoms with Gasteiger partial charge in [-0.25, -0.2) is 4.79 Å². The van der Waals surface area contributed by atoms with Gasteiger partial charge in [0.2, 0.25) is 5.91 Å². The standard InChI is InChI=1S/C23H42N4O5/c1-4-5-6-7-8-9-10-11-12-13-20(28)24-19(21(29)30)14-15-27-17-18(25-26-27)16-23(2,3)22(31)32/h17,19,25-26H,4-16H2,1-3H3,(H,24,28)(H,29,30)(H,31,32). The number of aliphatic carboxylic acids is 2. The molecule has 0 aliphatic carbocycles. The lowest BCUT2D eigenvalue weighted by atomic mass is 9.88. The lowest BCUT2D eigenvalue weighted by molar-refractivity contribution is -0.146. The maximum Gasteiger partial charge on any atom is 0.326 e. The molecule has 0 radical (unpaired) electrons. The first-order chi connectivity index (χ1) is 15.2. The number of allylic oxidation sites excluding steroid dienone is 1. The third-order valence-corrected chi connectivity index (χ3v) is 5.68. The highest BCUT2D eigenvalue weighted by Crippen LogP contribution is 2.25. The molecule has 1 heterocycles. The van der Waals surface area contributed by atoms with Crippen LogP contribution >= 0.6 is 0 Å². The van der Waals surface area contributed by atoms with Crippen molar-refractivity contribution in [3.8, 4) is 0 Å². The van der Waals surface area contributed by atoms with Gasteiger partial charge in [0.15, 0.2) is 0 Å². The lowest BCUT2D eigenvalue weighted by Crippen LogP contribution is -2.44. The first-order valence-corrected chi connectivity index (χ1v) is 11.9. The first-order valence-electron chi connectivity index (χ1n) is 11.9. The number of carboxylic acids is 2. The Morgan fingerprint density at radius 3 is 2.19 bits per heavy atom. The Balaban J connectivity index is 2.27. The maximum atomic E-state index is 12.2. The van der Waals surface area contributed by atoms with E-state index in [1.807, 2.05) is 0 Å². The van der Waals surface area contributed by atoms with Crippen molar-refractivity contribution < 1.29 is 24.6 Å². The van der Waals surface area contributed by atoms with E-state index in [9.17, 15) is 24.6 Å². The number of carbonyl (C=O) groups is 3. The quantitative estimate of drug-likeness (QED) is 0.199. The van der Waals surface area contributed by atoms with Crippen molar-refractivity contribution in [2.75, 3.05) is 6.54 Å². The molecule has 1 unspecified atom stereocenters. The molecule has 9 nitrogen and oxygen atoms in total. The summed E-state index contributed by atoms with van der Waals surface area (Å²) in [7, 11) is 0. The number of rotatable bonds is 18. The highest BCUT2D eigenvalue weighted by molar-refractivity contribution is 5.83. The fourth-order valence-electron chi connectivity index (χ4n) is 3.55. The van der Waals surface area contributed by atoms with Crippen LogP contribution in [0.15, 0.2) is 11.9 Å². The molecule has 0 bridgehead atoms. The molecule has 1 rings (SSSR count). The number of unbranched alkanes of at least 4 members (excludes halogenated alkanes) is 8. The van der Waals surface area contributed by atoms with Gasteiger partial charge in [0.05, 0.1) is 5.41 Å². The largest absolute Gasteiger partial charge is 0.481 e. The van der Waals surface area contributed by atoms with Crippen molar-refractivity contribution in [3.05, 3.63) is 11.9 Å². The van der Waals surface area contributed by atoms with E-state index >= 15 is 0 Å². The molecule has 5 N–H and O–H groups in total. The number of nitrogens with zero attached hydrogens (tertiary/aromatic N) is 1. The van der Waals surface area contributed by atoms with E-state index in [1.54, 1.807) is 25.1 Å². The zero-order chi connectivity index (χ0) is 24.0. The van der Waals surface area contributed by atoms with Gasteiger partial charge in [-0.05, 0) is 26.7 Å². The van der Waals surface area contributed by atoms with Crippen LogP contribution in [0.25, 0.3) is 0 Å². The second kappa shape index (κ2) is 14.7. The molecule has 0 saturated carbocycles. The minimum absolute atomic E-state index is 0.222. The van der Waals surface area contributed by atoms with Gasteiger partial charge in [-0.15, -0.1) is 5.53 Å². The Kier molecular flexibility index (Phi) is 12.8. The number of hydrogen-bond acceptors (Lipinski definition) is 6. The number of carboxylic acid groups (broad SMARTS) is 2. The van der Waals surface area contributed by atoms with Crippen molar-refractivity contribution in [1.29, 1.82) is 0 Å². The number of amides is 1. The normalized spacial score (nSPS) is 14.6. The van der Waals surface area contributed by atoms with Crippen LogP contribution in [0.4, 0.5) is 0 Å². The van der Waals surface area contributed by atoms with E-state index < -0.39 is 23.4 Å². The third kappa shape index (κ3) is 11.4. The lowest BCUT2D eigenvalue weighted by Gasteiger charge is -2.19. The molecule has 32 heavy (non-hydrogen) atoms. The van der Waals surface area contributed by atoms with Crippen LogP contribution in [0.5, 0.6) is 0 Å². The SMILES string of the molecule is CCCCCCCCCCCC(=O)NC(CCN1C=C(CC(C)(C)C(=O)O)NN1)C(=O)O. The van der Waals surface area contributed by atoms with Crippen LogP contribution in [-0.2, 0) is 14.4 Å². The van der Waals surface area contributed by atoms with Gasteiger partial charge in [0.25, 0.3) is 0 Å². The zero-order valence-corrected chi connectivity index (χ0v) is 19.9. The number of nitrogens with one attached hydrogen (secondary N) is 3. The Morgan fingerprint density at radius 1 is 1.03 bits per heavy atom. The summed E-state index contributed by atoms with van der Waals surface area (Å²) in [6, 6.07) is -0.962. The summed E-state index contributed by atoms with van der Waals surface area (Å²) in [6.07, 6.45) is 13.1. The number of hydrogen-bond donors (Lipinski definition) is 5. The van der Waals surface area contributed by atoms with Gasteiger partial charge < -0.3 is 21.0 Å². The van der Waals surface area contributed by atoms with E-state index in [-0.39, 0.29) is 12.3 Å². The Labute approximate surface area is 191 Å².